The summed E-state index contributed by atoms with van der Waals surface area (Å²) < 4.78 is 16.9. The quantitative estimate of drug-likeness (QED) is 0.0343. The molecule has 0 saturated heterocycles. The number of hydrogen-bond acceptors (Lipinski definition) is 6. The van der Waals surface area contributed by atoms with Crippen LogP contribution in [0.4, 0.5) is 0 Å². The van der Waals surface area contributed by atoms with E-state index in [0.717, 1.165) is 75.5 Å². The minimum atomic E-state index is -0.764. The summed E-state index contributed by atoms with van der Waals surface area (Å²) in [6, 6.07) is 0. The maximum absolute atomic E-state index is 12.8. The van der Waals surface area contributed by atoms with Gasteiger partial charge in [0, 0.05) is 19.3 Å². The van der Waals surface area contributed by atoms with Crippen LogP contribution in [0.1, 0.15) is 337 Å². The lowest BCUT2D eigenvalue weighted by Gasteiger charge is -2.18. The topological polar surface area (TPSA) is 78.9 Å². The Balaban J connectivity index is 4.27. The van der Waals surface area contributed by atoms with E-state index in [1.54, 1.807) is 0 Å². The van der Waals surface area contributed by atoms with Gasteiger partial charge in [0.05, 0.1) is 0 Å². The van der Waals surface area contributed by atoms with E-state index in [4.69, 9.17) is 14.2 Å². The first kappa shape index (κ1) is 65.4. The molecule has 6 heteroatoms. The molecule has 0 fully saturated rings. The molecule has 0 unspecified atom stereocenters. The van der Waals surface area contributed by atoms with Gasteiger partial charge in [-0.2, -0.15) is 0 Å². The van der Waals surface area contributed by atoms with Crippen molar-refractivity contribution in [2.24, 2.45) is 17.8 Å². The van der Waals surface area contributed by atoms with Gasteiger partial charge < -0.3 is 14.2 Å². The van der Waals surface area contributed by atoms with Crippen LogP contribution in [0.25, 0.3) is 0 Å². The van der Waals surface area contributed by atoms with Crippen LogP contribution in [-0.4, -0.2) is 37.2 Å². The maximum Gasteiger partial charge on any atom is 0.306 e. The summed E-state index contributed by atoms with van der Waals surface area (Å²) in [4.78, 5) is 38.2. The van der Waals surface area contributed by atoms with Gasteiger partial charge >= 0.3 is 17.9 Å². The van der Waals surface area contributed by atoms with Crippen LogP contribution in [0.15, 0.2) is 0 Å². The molecule has 0 aromatic carbocycles. The second-order valence-corrected chi connectivity index (χ2v) is 22.4. The molecule has 67 heavy (non-hydrogen) atoms. The summed E-state index contributed by atoms with van der Waals surface area (Å²) in [7, 11) is 0. The Morgan fingerprint density at radius 3 is 0.642 bits per heavy atom. The van der Waals surface area contributed by atoms with E-state index in [1.165, 1.54) is 218 Å². The molecule has 0 aliphatic carbocycles. The predicted octanol–water partition coefficient (Wildman–Crippen LogP) is 19.9. The first-order chi connectivity index (χ1) is 32.6. The number of ether oxygens (including phenoxy) is 3. The van der Waals surface area contributed by atoms with Crippen molar-refractivity contribution in [1.29, 1.82) is 0 Å². The van der Waals surface area contributed by atoms with Crippen molar-refractivity contribution in [3.05, 3.63) is 0 Å². The molecule has 0 spiro atoms. The Hall–Kier alpha value is -1.59. The minimum absolute atomic E-state index is 0.0633. The van der Waals surface area contributed by atoms with Crippen molar-refractivity contribution in [2.45, 2.75) is 343 Å². The fourth-order valence-electron chi connectivity index (χ4n) is 9.35. The highest BCUT2D eigenvalue weighted by Crippen LogP contribution is 2.19. The molecule has 0 heterocycles. The van der Waals surface area contributed by atoms with Gasteiger partial charge in [0.1, 0.15) is 13.2 Å². The summed E-state index contributed by atoms with van der Waals surface area (Å²) in [6.45, 7) is 13.8. The molecule has 0 aliphatic rings. The van der Waals surface area contributed by atoms with Crippen molar-refractivity contribution in [3.8, 4) is 0 Å². The van der Waals surface area contributed by atoms with Gasteiger partial charge in [0.25, 0.3) is 0 Å². The highest BCUT2D eigenvalue weighted by Gasteiger charge is 2.19. The zero-order valence-electron chi connectivity index (χ0n) is 46.2. The Labute approximate surface area is 418 Å². The molecule has 6 nitrogen and oxygen atoms in total. The zero-order valence-corrected chi connectivity index (χ0v) is 46.2. The highest BCUT2D eigenvalue weighted by molar-refractivity contribution is 5.71. The van der Waals surface area contributed by atoms with E-state index >= 15 is 0 Å². The fraction of sp³-hybridized carbons (Fsp3) is 0.951. The Kier molecular flexibility index (Phi) is 51.0. The second-order valence-electron chi connectivity index (χ2n) is 22.4. The van der Waals surface area contributed by atoms with Crippen LogP contribution in [0, 0.1) is 17.8 Å². The van der Waals surface area contributed by atoms with Crippen LogP contribution >= 0.6 is 0 Å². The molecule has 0 N–H and O–H groups in total. The Bertz CT molecular complexity index is 1040. The molecular formula is C61H118O6. The summed E-state index contributed by atoms with van der Waals surface area (Å²) in [5, 5.41) is 0. The molecule has 1 atom stereocenters. The molecule has 398 valence electrons. The second kappa shape index (κ2) is 52.2. The Morgan fingerprint density at radius 1 is 0.254 bits per heavy atom. The van der Waals surface area contributed by atoms with Crippen LogP contribution in [0.5, 0.6) is 0 Å². The number of carbonyl (C=O) groups excluding carboxylic acids is 3. The van der Waals surface area contributed by atoms with Crippen molar-refractivity contribution < 1.29 is 28.6 Å². The number of carbonyl (C=O) groups is 3. The fourth-order valence-corrected chi connectivity index (χ4v) is 9.35. The largest absolute Gasteiger partial charge is 0.462 e. The average Bonchev–Trinajstić information content (AvgIpc) is 3.29. The summed E-state index contributed by atoms with van der Waals surface area (Å²) >= 11 is 0. The lowest BCUT2D eigenvalue weighted by molar-refractivity contribution is -0.167. The van der Waals surface area contributed by atoms with E-state index < -0.39 is 6.10 Å². The molecule has 0 saturated carbocycles. The Morgan fingerprint density at radius 2 is 0.433 bits per heavy atom. The van der Waals surface area contributed by atoms with Crippen LogP contribution in [-0.2, 0) is 28.6 Å². The van der Waals surface area contributed by atoms with Crippen LogP contribution in [0.2, 0.25) is 0 Å². The summed E-state index contributed by atoms with van der Waals surface area (Å²) in [5.41, 5.74) is 0. The van der Waals surface area contributed by atoms with E-state index in [2.05, 4.69) is 41.5 Å². The lowest BCUT2D eigenvalue weighted by Crippen LogP contribution is -2.30. The lowest BCUT2D eigenvalue weighted by atomic mass is 10.0. The van der Waals surface area contributed by atoms with Crippen molar-refractivity contribution in [2.75, 3.05) is 13.2 Å². The van der Waals surface area contributed by atoms with Crippen molar-refractivity contribution in [3.63, 3.8) is 0 Å². The van der Waals surface area contributed by atoms with Crippen LogP contribution in [0.3, 0.4) is 0 Å². The molecule has 0 aliphatic heterocycles. The predicted molar refractivity (Wildman–Crippen MR) is 289 cm³/mol. The number of hydrogen-bond donors (Lipinski definition) is 0. The summed E-state index contributed by atoms with van der Waals surface area (Å²) in [6.07, 6.45) is 55.3. The van der Waals surface area contributed by atoms with Gasteiger partial charge in [-0.05, 0) is 37.0 Å². The minimum Gasteiger partial charge on any atom is -0.462 e. The third-order valence-corrected chi connectivity index (χ3v) is 13.9. The summed E-state index contributed by atoms with van der Waals surface area (Å²) in [5.74, 6) is 1.67. The van der Waals surface area contributed by atoms with Gasteiger partial charge in [-0.3, -0.25) is 14.4 Å². The molecular weight excluding hydrogens is 829 g/mol. The molecule has 0 amide bonds. The number of esters is 3. The van der Waals surface area contributed by atoms with E-state index in [1.807, 2.05) is 0 Å². The normalized spacial score (nSPS) is 12.1. The highest BCUT2D eigenvalue weighted by atomic mass is 16.6. The van der Waals surface area contributed by atoms with Gasteiger partial charge in [-0.1, -0.05) is 298 Å². The SMILES string of the molecule is CC(C)CCCCCCCCCCCCCCCCCCC(=O)OC[C@@H](COC(=O)CCCCCCCCCCCCCCCCC(C)C)OC(=O)CCCCCCCCCCCCC(C)C. The van der Waals surface area contributed by atoms with Crippen LogP contribution < -0.4 is 0 Å². The van der Waals surface area contributed by atoms with E-state index in [-0.39, 0.29) is 31.1 Å². The van der Waals surface area contributed by atoms with Gasteiger partial charge in [0.15, 0.2) is 6.10 Å². The molecule has 0 rings (SSSR count). The zero-order chi connectivity index (χ0) is 49.1. The van der Waals surface area contributed by atoms with Crippen molar-refractivity contribution >= 4 is 17.9 Å². The first-order valence-electron chi connectivity index (χ1n) is 30.1. The molecule has 0 aromatic heterocycles. The molecule has 0 bridgehead atoms. The molecule has 0 radical (unpaired) electrons. The van der Waals surface area contributed by atoms with Crippen molar-refractivity contribution in [1.82, 2.24) is 0 Å². The first-order valence-corrected chi connectivity index (χ1v) is 30.1. The van der Waals surface area contributed by atoms with E-state index in [9.17, 15) is 14.4 Å². The molecule has 0 aromatic rings. The van der Waals surface area contributed by atoms with Gasteiger partial charge in [-0.25, -0.2) is 0 Å². The van der Waals surface area contributed by atoms with Gasteiger partial charge in [0.2, 0.25) is 0 Å². The average molecular weight is 948 g/mol. The third-order valence-electron chi connectivity index (χ3n) is 13.9. The van der Waals surface area contributed by atoms with E-state index in [0.29, 0.717) is 19.3 Å². The number of unbranched alkanes of at least 4 members (excludes halogenated alkanes) is 37. The number of rotatable bonds is 54. The third kappa shape index (κ3) is 55.2. The smallest absolute Gasteiger partial charge is 0.306 e. The monoisotopic (exact) mass is 947 g/mol. The van der Waals surface area contributed by atoms with Gasteiger partial charge in [-0.15, -0.1) is 0 Å². The maximum atomic E-state index is 12.8. The standard InChI is InChI=1S/C61H118O6/c1-55(2)47-41-35-29-23-17-13-9-7-8-10-15-19-26-32-38-44-50-59(62)65-53-58(67-61(64)52-46-40-34-28-22-21-25-31-37-43-49-57(5)6)54-66-60(63)51-45-39-33-27-20-16-12-11-14-18-24-30-36-42-48-56(3)4/h55-58H,7-54H2,1-6H3/t58-/m0/s1.